The number of carbonyl (C=O) groups excluding carboxylic acids is 2. The fourth-order valence-electron chi connectivity index (χ4n) is 3.27. The molecule has 2 aliphatic rings. The van der Waals surface area contributed by atoms with E-state index in [9.17, 15) is 9.59 Å². The van der Waals surface area contributed by atoms with Gasteiger partial charge >= 0.3 is 0 Å². The minimum absolute atomic E-state index is 0.148. The molecule has 2 aliphatic heterocycles. The third kappa shape index (κ3) is 2.92. The van der Waals surface area contributed by atoms with E-state index in [1.807, 2.05) is 15.9 Å². The lowest BCUT2D eigenvalue weighted by atomic mass is 10.1. The van der Waals surface area contributed by atoms with Gasteiger partial charge in [-0.05, 0) is 18.1 Å². The number of nitrogens with two attached hydrogens (primary N) is 1. The van der Waals surface area contributed by atoms with Crippen LogP contribution in [-0.4, -0.2) is 60.4 Å². The molecule has 6 heteroatoms. The molecule has 0 spiro atoms. The molecular weight excluding hydrogens is 280 g/mol. The average Bonchev–Trinajstić information content (AvgIpc) is 2.92. The quantitative estimate of drug-likeness (QED) is 0.821. The van der Waals surface area contributed by atoms with Gasteiger partial charge in [-0.1, -0.05) is 18.2 Å². The number of fused-ring (bicyclic) bond motifs is 1. The molecule has 1 aromatic rings. The van der Waals surface area contributed by atoms with Crippen molar-refractivity contribution in [3.63, 3.8) is 0 Å². The van der Waals surface area contributed by atoms with E-state index in [1.54, 1.807) is 0 Å². The maximum atomic E-state index is 12.7. The van der Waals surface area contributed by atoms with Crippen LogP contribution in [0.2, 0.25) is 0 Å². The summed E-state index contributed by atoms with van der Waals surface area (Å²) in [6.45, 7) is 5.04. The number of piperazine rings is 1. The van der Waals surface area contributed by atoms with Crippen LogP contribution >= 0.6 is 0 Å². The van der Waals surface area contributed by atoms with E-state index in [-0.39, 0.29) is 24.4 Å². The minimum Gasteiger partial charge on any atom is -0.373 e. The molecule has 2 heterocycles. The number of amides is 2. The van der Waals surface area contributed by atoms with Crippen LogP contribution < -0.4 is 11.1 Å². The van der Waals surface area contributed by atoms with Crippen molar-refractivity contribution in [1.29, 1.82) is 0 Å². The fraction of sp³-hybridized carbons (Fsp3) is 0.500. The van der Waals surface area contributed by atoms with Crippen LogP contribution in [0.1, 0.15) is 11.1 Å². The zero-order chi connectivity index (χ0) is 15.7. The molecular formula is C16H22N4O2. The molecule has 6 nitrogen and oxygen atoms in total. The summed E-state index contributed by atoms with van der Waals surface area (Å²) in [6, 6.07) is 6.00. The number of para-hydroxylation sites is 1. The number of primary amides is 1. The number of nitrogens with one attached hydrogen (secondary N) is 1. The summed E-state index contributed by atoms with van der Waals surface area (Å²) in [6.07, 6.45) is 0.747. The largest absolute Gasteiger partial charge is 0.373 e. The van der Waals surface area contributed by atoms with E-state index < -0.39 is 0 Å². The van der Waals surface area contributed by atoms with Gasteiger partial charge in [-0.3, -0.25) is 14.5 Å². The summed E-state index contributed by atoms with van der Waals surface area (Å²) >= 11 is 0. The number of hydrogen-bond acceptors (Lipinski definition) is 4. The summed E-state index contributed by atoms with van der Waals surface area (Å²) in [5.41, 5.74) is 8.71. The molecule has 0 radical (unpaired) electrons. The molecule has 2 amide bonds. The molecule has 1 atom stereocenters. The van der Waals surface area contributed by atoms with Gasteiger partial charge in [0.1, 0.15) is 6.04 Å². The Morgan fingerprint density at radius 3 is 2.64 bits per heavy atom. The molecule has 1 aromatic carbocycles. The highest BCUT2D eigenvalue weighted by Gasteiger charge is 2.32. The Balaban J connectivity index is 1.58. The van der Waals surface area contributed by atoms with Gasteiger partial charge in [-0.15, -0.1) is 0 Å². The zero-order valence-electron chi connectivity index (χ0n) is 12.8. The van der Waals surface area contributed by atoms with E-state index in [4.69, 9.17) is 5.73 Å². The van der Waals surface area contributed by atoms with E-state index >= 15 is 0 Å². The first-order valence-corrected chi connectivity index (χ1v) is 7.69. The number of aryl methyl sites for hydroxylation is 1. The van der Waals surface area contributed by atoms with E-state index in [0.29, 0.717) is 26.2 Å². The summed E-state index contributed by atoms with van der Waals surface area (Å²) < 4.78 is 0. The van der Waals surface area contributed by atoms with Crippen LogP contribution in [0.4, 0.5) is 5.69 Å². The first-order valence-electron chi connectivity index (χ1n) is 7.69. The zero-order valence-corrected chi connectivity index (χ0v) is 12.8. The van der Waals surface area contributed by atoms with E-state index in [2.05, 4.69) is 24.4 Å². The maximum absolute atomic E-state index is 12.7. The first-order chi connectivity index (χ1) is 10.5. The summed E-state index contributed by atoms with van der Waals surface area (Å²) in [5, 5.41) is 3.36. The van der Waals surface area contributed by atoms with Gasteiger partial charge in [0.05, 0.1) is 6.54 Å². The lowest BCUT2D eigenvalue weighted by molar-refractivity contribution is -0.133. The SMILES string of the molecule is Cc1cccc2c1NC(C(=O)N1CCN(CC(N)=O)CC1)C2. The molecule has 3 N–H and O–H groups in total. The Morgan fingerprint density at radius 1 is 1.27 bits per heavy atom. The maximum Gasteiger partial charge on any atom is 0.245 e. The molecule has 0 bridgehead atoms. The smallest absolute Gasteiger partial charge is 0.245 e. The molecule has 3 rings (SSSR count). The number of nitrogens with zero attached hydrogens (tertiary/aromatic N) is 2. The lowest BCUT2D eigenvalue weighted by Crippen LogP contribution is -2.53. The van der Waals surface area contributed by atoms with Crippen LogP contribution in [0.5, 0.6) is 0 Å². The Bertz CT molecular complexity index is 594. The average molecular weight is 302 g/mol. The van der Waals surface area contributed by atoms with Gasteiger partial charge in [-0.25, -0.2) is 0 Å². The second-order valence-electron chi connectivity index (χ2n) is 6.08. The number of hydrogen-bond donors (Lipinski definition) is 2. The van der Waals surface area contributed by atoms with Crippen LogP contribution in [0, 0.1) is 6.92 Å². The summed E-state index contributed by atoms with van der Waals surface area (Å²) in [5.74, 6) is -0.169. The molecule has 1 unspecified atom stereocenters. The molecule has 0 aromatic heterocycles. The molecule has 0 aliphatic carbocycles. The van der Waals surface area contributed by atoms with Gasteiger partial charge in [0, 0.05) is 38.3 Å². The van der Waals surface area contributed by atoms with Gasteiger partial charge in [0.25, 0.3) is 0 Å². The van der Waals surface area contributed by atoms with Crippen molar-refractivity contribution < 1.29 is 9.59 Å². The normalized spacial score (nSPS) is 21.3. The Hall–Kier alpha value is -2.08. The van der Waals surface area contributed by atoms with Crippen LogP contribution in [0.3, 0.4) is 0 Å². The number of benzene rings is 1. The highest BCUT2D eigenvalue weighted by molar-refractivity contribution is 5.88. The monoisotopic (exact) mass is 302 g/mol. The highest BCUT2D eigenvalue weighted by Crippen LogP contribution is 2.29. The van der Waals surface area contributed by atoms with E-state index in [0.717, 1.165) is 12.1 Å². The second-order valence-corrected chi connectivity index (χ2v) is 6.08. The van der Waals surface area contributed by atoms with Gasteiger partial charge in [0.2, 0.25) is 11.8 Å². The van der Waals surface area contributed by atoms with Crippen molar-refractivity contribution >= 4 is 17.5 Å². The third-order valence-corrected chi connectivity index (χ3v) is 4.46. The second kappa shape index (κ2) is 5.96. The Kier molecular flexibility index (Phi) is 4.02. The first kappa shape index (κ1) is 14.8. The predicted octanol–water partition coefficient (Wildman–Crippen LogP) is -0.0389. The van der Waals surface area contributed by atoms with Crippen molar-refractivity contribution in [2.24, 2.45) is 5.73 Å². The Morgan fingerprint density at radius 2 is 2.00 bits per heavy atom. The molecule has 0 saturated carbocycles. The molecule has 22 heavy (non-hydrogen) atoms. The van der Waals surface area contributed by atoms with Crippen molar-refractivity contribution in [3.05, 3.63) is 29.3 Å². The third-order valence-electron chi connectivity index (χ3n) is 4.46. The van der Waals surface area contributed by atoms with Gasteiger partial charge < -0.3 is 16.0 Å². The van der Waals surface area contributed by atoms with Gasteiger partial charge in [-0.2, -0.15) is 0 Å². The van der Waals surface area contributed by atoms with Crippen molar-refractivity contribution in [3.8, 4) is 0 Å². The topological polar surface area (TPSA) is 78.7 Å². The molecule has 118 valence electrons. The van der Waals surface area contributed by atoms with Crippen molar-refractivity contribution in [2.45, 2.75) is 19.4 Å². The van der Waals surface area contributed by atoms with Crippen molar-refractivity contribution in [2.75, 3.05) is 38.0 Å². The fourth-order valence-corrected chi connectivity index (χ4v) is 3.27. The number of carbonyl (C=O) groups is 2. The van der Waals surface area contributed by atoms with Crippen LogP contribution in [0.25, 0.3) is 0 Å². The molecule has 1 fully saturated rings. The predicted molar refractivity (Wildman–Crippen MR) is 84.5 cm³/mol. The highest BCUT2D eigenvalue weighted by atomic mass is 16.2. The number of anilines is 1. The molecule has 1 saturated heterocycles. The van der Waals surface area contributed by atoms with E-state index in [1.165, 1.54) is 11.1 Å². The number of rotatable bonds is 3. The standard InChI is InChI=1S/C16H22N4O2/c1-11-3-2-4-12-9-13(18-15(11)12)16(22)20-7-5-19(6-8-20)10-14(17)21/h2-4,13,18H,5-10H2,1H3,(H2,17,21). The minimum atomic E-state index is -0.317. The summed E-state index contributed by atoms with van der Waals surface area (Å²) in [7, 11) is 0. The van der Waals surface area contributed by atoms with Crippen LogP contribution in [0.15, 0.2) is 18.2 Å². The lowest BCUT2D eigenvalue weighted by Gasteiger charge is -2.35. The van der Waals surface area contributed by atoms with Crippen LogP contribution in [-0.2, 0) is 16.0 Å². The Labute approximate surface area is 130 Å². The van der Waals surface area contributed by atoms with Gasteiger partial charge in [0.15, 0.2) is 0 Å². The van der Waals surface area contributed by atoms with Crippen molar-refractivity contribution in [1.82, 2.24) is 9.80 Å². The summed E-state index contributed by atoms with van der Waals surface area (Å²) in [4.78, 5) is 27.5.